The maximum Gasteiger partial charge on any atom is 0.305 e. The van der Waals surface area contributed by atoms with Gasteiger partial charge in [0.2, 0.25) is 5.91 Å². The minimum Gasteiger partial charge on any atom is -0.469 e. The number of fused-ring (bicyclic) bond motifs is 3. The molecule has 2 fully saturated rings. The van der Waals surface area contributed by atoms with Crippen molar-refractivity contribution in [1.29, 1.82) is 0 Å². The van der Waals surface area contributed by atoms with Crippen molar-refractivity contribution in [2.75, 3.05) is 31.7 Å². The quantitative estimate of drug-likeness (QED) is 0.170. The zero-order chi connectivity index (χ0) is 33.7. The second kappa shape index (κ2) is 12.7. The molecule has 2 saturated heterocycles. The Labute approximate surface area is 274 Å². The Bertz CT molecular complexity index is 1750. The van der Waals surface area contributed by atoms with E-state index >= 15 is 0 Å². The Hall–Kier alpha value is -3.78. The molecule has 252 valence electrons. The van der Waals surface area contributed by atoms with Gasteiger partial charge in [-0.1, -0.05) is 19.1 Å². The van der Waals surface area contributed by atoms with E-state index < -0.39 is 31.5 Å². The number of rotatable bonds is 10. The fourth-order valence-electron chi connectivity index (χ4n) is 8.15. The van der Waals surface area contributed by atoms with E-state index in [9.17, 15) is 29.1 Å². The normalized spacial score (nSPS) is 25.7. The van der Waals surface area contributed by atoms with Gasteiger partial charge in [-0.15, -0.1) is 0 Å². The van der Waals surface area contributed by atoms with E-state index in [4.69, 9.17) is 9.47 Å². The molecule has 3 N–H and O–H groups in total. The van der Waals surface area contributed by atoms with Crippen molar-refractivity contribution in [1.82, 2.24) is 14.7 Å². The van der Waals surface area contributed by atoms with Crippen LogP contribution >= 0.6 is 0 Å². The summed E-state index contributed by atoms with van der Waals surface area (Å²) in [6.45, 7) is 6.29. The van der Waals surface area contributed by atoms with E-state index in [1.54, 1.807) is 28.0 Å². The van der Waals surface area contributed by atoms with Gasteiger partial charge in [0, 0.05) is 36.5 Å². The Balaban J connectivity index is 1.42. The van der Waals surface area contributed by atoms with Crippen molar-refractivity contribution in [2.45, 2.75) is 81.8 Å². The molecule has 47 heavy (non-hydrogen) atoms. The van der Waals surface area contributed by atoms with Crippen molar-refractivity contribution in [3.05, 3.63) is 58.4 Å². The first kappa shape index (κ1) is 33.1. The molecule has 0 aliphatic carbocycles. The predicted molar refractivity (Wildman–Crippen MR) is 178 cm³/mol. The highest BCUT2D eigenvalue weighted by Gasteiger charge is 2.66. The summed E-state index contributed by atoms with van der Waals surface area (Å²) >= 11 is 0. The van der Waals surface area contributed by atoms with E-state index in [1.165, 1.54) is 11.8 Å². The summed E-state index contributed by atoms with van der Waals surface area (Å²) in [5.41, 5.74) is 0.226. The van der Waals surface area contributed by atoms with Crippen LogP contribution in [-0.4, -0.2) is 89.6 Å². The van der Waals surface area contributed by atoms with Gasteiger partial charge in [0.15, 0.2) is 13.9 Å². The minimum absolute atomic E-state index is 0.0207. The smallest absolute Gasteiger partial charge is 0.305 e. The molecule has 0 saturated carbocycles. The van der Waals surface area contributed by atoms with Crippen LogP contribution in [0.25, 0.3) is 16.6 Å². The number of H-pyrrole nitrogens is 1. The van der Waals surface area contributed by atoms with Crippen LogP contribution in [0.15, 0.2) is 47.3 Å². The number of aliphatic hydroxyl groups excluding tert-OH is 1. The number of ether oxygens (including phenoxy) is 2. The maximum atomic E-state index is 14.7. The third-order valence-electron chi connectivity index (χ3n) is 10.3. The highest BCUT2D eigenvalue weighted by Crippen LogP contribution is 2.60. The second-order valence-corrected chi connectivity index (χ2v) is 17.6. The molecule has 0 bridgehead atoms. The van der Waals surface area contributed by atoms with E-state index in [2.05, 4.69) is 5.10 Å². The maximum absolute atomic E-state index is 14.7. The fraction of sp³-hybridized carbons (Fsp3) is 0.529. The number of aliphatic hydroxyl groups is 1. The van der Waals surface area contributed by atoms with Gasteiger partial charge in [0.05, 0.1) is 54.6 Å². The molecule has 0 unspecified atom stereocenters. The topological polar surface area (TPSA) is 154 Å². The van der Waals surface area contributed by atoms with Crippen LogP contribution < -0.4 is 10.5 Å². The lowest BCUT2D eigenvalue weighted by Crippen LogP contribution is -2.46. The van der Waals surface area contributed by atoms with Crippen LogP contribution in [0, 0.1) is 5.92 Å². The third kappa shape index (κ3) is 5.62. The Morgan fingerprint density at radius 2 is 1.91 bits per heavy atom. The molecule has 0 radical (unpaired) electrons. The van der Waals surface area contributed by atoms with Crippen molar-refractivity contribution in [3.8, 4) is 5.69 Å². The van der Waals surface area contributed by atoms with Gasteiger partial charge in [-0.25, -0.2) is 4.68 Å². The molecular formula is C34H44N4O8Si. The Morgan fingerprint density at radius 1 is 1.15 bits per heavy atom. The number of methoxy groups -OCH3 is 1. The zero-order valence-electron chi connectivity index (χ0n) is 27.4. The van der Waals surface area contributed by atoms with Crippen molar-refractivity contribution in [2.24, 2.45) is 5.92 Å². The molecule has 3 aliphatic heterocycles. The van der Waals surface area contributed by atoms with E-state index in [1.807, 2.05) is 44.3 Å². The molecule has 12 nitrogen and oxygen atoms in total. The molecule has 13 heteroatoms. The van der Waals surface area contributed by atoms with Crippen LogP contribution in [0.2, 0.25) is 18.6 Å². The number of anilines is 1. The second-order valence-electron chi connectivity index (χ2n) is 13.6. The average molecular weight is 665 g/mol. The van der Waals surface area contributed by atoms with Crippen LogP contribution in [0.5, 0.6) is 0 Å². The van der Waals surface area contributed by atoms with E-state index in [0.29, 0.717) is 53.8 Å². The number of para-hydroxylation sites is 1. The van der Waals surface area contributed by atoms with Gasteiger partial charge in [0.1, 0.15) is 0 Å². The van der Waals surface area contributed by atoms with Gasteiger partial charge in [0.25, 0.3) is 11.5 Å². The lowest BCUT2D eigenvalue weighted by atomic mass is 9.82. The number of unbranched alkanes of at least 4 members (excludes halogenated alkanes) is 1. The zero-order valence-corrected chi connectivity index (χ0v) is 28.4. The monoisotopic (exact) mass is 664 g/mol. The summed E-state index contributed by atoms with van der Waals surface area (Å²) in [6, 6.07) is 12.4. The molecule has 2 aromatic carbocycles. The first-order valence-electron chi connectivity index (χ1n) is 16.5. The number of benzene rings is 2. The largest absolute Gasteiger partial charge is 0.469 e. The van der Waals surface area contributed by atoms with Crippen molar-refractivity contribution in [3.63, 3.8) is 0 Å². The summed E-state index contributed by atoms with van der Waals surface area (Å²) in [6.07, 6.45) is 2.07. The Morgan fingerprint density at radius 3 is 2.62 bits per heavy atom. The van der Waals surface area contributed by atoms with Gasteiger partial charge >= 0.3 is 5.97 Å². The molecule has 1 aromatic heterocycles. The number of carbonyl (C=O) groups is 3. The van der Waals surface area contributed by atoms with Crippen LogP contribution in [0.1, 0.15) is 51.0 Å². The summed E-state index contributed by atoms with van der Waals surface area (Å²) in [4.78, 5) is 68.6. The molecule has 3 aliphatic rings. The van der Waals surface area contributed by atoms with E-state index in [-0.39, 0.29) is 48.8 Å². The number of nitrogens with zero attached hydrogens (tertiary/aromatic N) is 3. The van der Waals surface area contributed by atoms with Gasteiger partial charge in [-0.2, -0.15) is 0 Å². The molecule has 1 spiro atoms. The van der Waals surface area contributed by atoms with Gasteiger partial charge in [-0.05, 0) is 69.1 Å². The fourth-order valence-corrected chi connectivity index (χ4v) is 10.7. The first-order chi connectivity index (χ1) is 22.4. The number of aromatic nitrogens is 2. The van der Waals surface area contributed by atoms with Gasteiger partial charge in [-0.3, -0.25) is 24.3 Å². The van der Waals surface area contributed by atoms with Crippen LogP contribution in [-0.2, 0) is 29.5 Å². The van der Waals surface area contributed by atoms with Gasteiger partial charge < -0.3 is 29.2 Å². The minimum atomic E-state index is -3.03. The lowest BCUT2D eigenvalue weighted by Gasteiger charge is -2.33. The highest BCUT2D eigenvalue weighted by atomic mass is 28.4. The number of esters is 1. The molecule has 4 heterocycles. The number of nitrogens with one attached hydrogen (secondary N) is 1. The highest BCUT2D eigenvalue weighted by molar-refractivity contribution is 6.71. The predicted octanol–water partition coefficient (Wildman–Crippen LogP) is 3.18. The molecule has 2 amide bonds. The molecule has 6 rings (SSSR count). The number of carbonyl (C=O) groups excluding carboxylic acids is 3. The number of hydrogen-bond acceptors (Lipinski definition) is 8. The summed E-state index contributed by atoms with van der Waals surface area (Å²) in [7, 11) is -1.69. The Kier molecular flexibility index (Phi) is 8.94. The molecule has 5 atom stereocenters. The van der Waals surface area contributed by atoms with Crippen LogP contribution in [0.4, 0.5) is 5.69 Å². The summed E-state index contributed by atoms with van der Waals surface area (Å²) < 4.78 is 13.1. The standard InChI is InChI=1S/C34H44N4O8Si/c1-21-31(47(3,4)44)28(19-29(40)36-17-9-10-23(36)20-39)46-34(21)25-18-22(38-32(42)24-11-5-6-12-26(24)35-38)14-15-27(25)37(33(34)43)16-8-7-13-30(41)45-2/h5-6,11-12,14-15,18,21,23,28,31,35,39,44H,7-10,13,16-17,19-20H2,1-4H3/t21-,23-,28+,31-,34+/m0/s1. The summed E-state index contributed by atoms with van der Waals surface area (Å²) in [5.74, 6) is -1.27. The third-order valence-corrected chi connectivity index (χ3v) is 12.8. The number of likely N-dealkylation sites (tertiary alicyclic amines) is 1. The molecular weight excluding hydrogens is 620 g/mol. The number of aromatic amines is 1. The van der Waals surface area contributed by atoms with Crippen molar-refractivity contribution < 1.29 is 33.8 Å². The average Bonchev–Trinajstić information content (AvgIpc) is 3.79. The summed E-state index contributed by atoms with van der Waals surface area (Å²) in [5, 5.41) is 13.6. The first-order valence-corrected chi connectivity index (χ1v) is 19.5. The SMILES string of the molecule is COC(=O)CCCCN1C(=O)[C@]2(O[C@H](CC(=O)N3CCC[C@H]3CO)[C@@H]([Si](C)(C)O)[C@@H]2C)c2cc(-n3[nH]c4ccccc4c3=O)ccc21. The lowest BCUT2D eigenvalue weighted by molar-refractivity contribution is -0.150. The molecule has 3 aromatic rings. The number of amides is 2. The van der Waals surface area contributed by atoms with E-state index in [0.717, 1.165) is 12.8 Å². The van der Waals surface area contributed by atoms with Crippen molar-refractivity contribution >= 4 is 42.7 Å². The number of hydrogen-bond donors (Lipinski definition) is 3. The van der Waals surface area contributed by atoms with Crippen LogP contribution in [0.3, 0.4) is 0 Å².